The fourth-order valence-electron chi connectivity index (χ4n) is 2.30. The molecule has 1 amide bonds. The van der Waals surface area contributed by atoms with E-state index in [2.05, 4.69) is 24.1 Å². The molecular weight excluding hydrogens is 313 g/mol. The highest BCUT2D eigenvalue weighted by Gasteiger charge is 2.20. The van der Waals surface area contributed by atoms with Crippen LogP contribution >= 0.6 is 24.8 Å². The highest BCUT2D eigenvalue weighted by Crippen LogP contribution is 2.10. The smallest absolute Gasteiger partial charge is 0.221 e. The maximum Gasteiger partial charge on any atom is 0.221 e. The summed E-state index contributed by atoms with van der Waals surface area (Å²) >= 11 is 0. The number of amides is 1. The molecule has 0 aromatic carbocycles. The van der Waals surface area contributed by atoms with Gasteiger partial charge < -0.3 is 20.7 Å². The molecular formula is C14H31Cl2N3O2. The quantitative estimate of drug-likeness (QED) is 0.736. The standard InChI is InChI=1S/C14H29N3O2.2ClH/c1-11(2)19-9-8-17-6-4-13(5-7-17)16-14(18)10-12(3)15;;/h11-13H,4-10,15H2,1-3H3,(H,16,18);2*1H. The van der Waals surface area contributed by atoms with Gasteiger partial charge in [-0.2, -0.15) is 0 Å². The molecule has 5 nitrogen and oxygen atoms in total. The number of rotatable bonds is 7. The molecule has 0 spiro atoms. The number of nitrogens with zero attached hydrogens (tertiary/aromatic N) is 1. The first-order chi connectivity index (χ1) is 8.97. The minimum Gasteiger partial charge on any atom is -0.377 e. The van der Waals surface area contributed by atoms with Crippen LogP contribution in [0.4, 0.5) is 0 Å². The van der Waals surface area contributed by atoms with Gasteiger partial charge in [-0.25, -0.2) is 0 Å². The van der Waals surface area contributed by atoms with Crippen LogP contribution in [0.25, 0.3) is 0 Å². The first-order valence-corrected chi connectivity index (χ1v) is 7.36. The third kappa shape index (κ3) is 11.2. The number of carbonyl (C=O) groups is 1. The van der Waals surface area contributed by atoms with Gasteiger partial charge in [-0.15, -0.1) is 24.8 Å². The molecule has 21 heavy (non-hydrogen) atoms. The van der Waals surface area contributed by atoms with E-state index >= 15 is 0 Å². The van der Waals surface area contributed by atoms with E-state index in [0.717, 1.165) is 39.1 Å². The average Bonchev–Trinajstić information content (AvgIpc) is 2.29. The zero-order valence-electron chi connectivity index (χ0n) is 13.3. The Labute approximate surface area is 141 Å². The minimum atomic E-state index is -0.0618. The Bertz CT molecular complexity index is 271. The zero-order chi connectivity index (χ0) is 14.3. The number of ether oxygens (including phenoxy) is 1. The molecule has 1 heterocycles. The summed E-state index contributed by atoms with van der Waals surface area (Å²) in [6, 6.07) is 0.252. The Kier molecular flexibility index (Phi) is 13.8. The van der Waals surface area contributed by atoms with Crippen LogP contribution in [-0.2, 0) is 9.53 Å². The number of nitrogens with two attached hydrogens (primary N) is 1. The van der Waals surface area contributed by atoms with Gasteiger partial charge in [0.15, 0.2) is 0 Å². The maximum atomic E-state index is 11.6. The van der Waals surface area contributed by atoms with Crippen LogP contribution in [0.2, 0.25) is 0 Å². The van der Waals surface area contributed by atoms with Crippen molar-refractivity contribution in [3.05, 3.63) is 0 Å². The van der Waals surface area contributed by atoms with Crippen molar-refractivity contribution in [1.82, 2.24) is 10.2 Å². The number of carbonyl (C=O) groups excluding carboxylic acids is 1. The summed E-state index contributed by atoms with van der Waals surface area (Å²) < 4.78 is 5.55. The van der Waals surface area contributed by atoms with Crippen molar-refractivity contribution >= 4 is 30.7 Å². The highest BCUT2D eigenvalue weighted by molar-refractivity contribution is 5.85. The second-order valence-corrected chi connectivity index (χ2v) is 5.78. The molecule has 1 unspecified atom stereocenters. The van der Waals surface area contributed by atoms with Crippen LogP contribution in [0.1, 0.15) is 40.0 Å². The predicted molar refractivity (Wildman–Crippen MR) is 91.5 cm³/mol. The van der Waals surface area contributed by atoms with Crippen LogP contribution in [-0.4, -0.2) is 55.2 Å². The third-order valence-electron chi connectivity index (χ3n) is 3.32. The molecule has 1 aliphatic rings. The molecule has 1 aliphatic heterocycles. The van der Waals surface area contributed by atoms with E-state index in [-0.39, 0.29) is 36.8 Å². The van der Waals surface area contributed by atoms with Crippen LogP contribution < -0.4 is 11.1 Å². The highest BCUT2D eigenvalue weighted by atomic mass is 35.5. The van der Waals surface area contributed by atoms with Crippen LogP contribution in [0, 0.1) is 0 Å². The zero-order valence-corrected chi connectivity index (χ0v) is 15.0. The number of halogens is 2. The number of hydrogen-bond acceptors (Lipinski definition) is 4. The largest absolute Gasteiger partial charge is 0.377 e. The Morgan fingerprint density at radius 1 is 1.29 bits per heavy atom. The fraction of sp³-hybridized carbons (Fsp3) is 0.929. The molecule has 128 valence electrons. The van der Waals surface area contributed by atoms with Crippen molar-refractivity contribution in [2.75, 3.05) is 26.2 Å². The van der Waals surface area contributed by atoms with Gasteiger partial charge in [0, 0.05) is 38.1 Å². The van der Waals surface area contributed by atoms with E-state index in [9.17, 15) is 4.79 Å². The van der Waals surface area contributed by atoms with Crippen molar-refractivity contribution in [2.24, 2.45) is 5.73 Å². The van der Waals surface area contributed by atoms with Crippen LogP contribution in [0.15, 0.2) is 0 Å². The van der Waals surface area contributed by atoms with E-state index in [4.69, 9.17) is 10.5 Å². The van der Waals surface area contributed by atoms with Crippen molar-refractivity contribution in [3.63, 3.8) is 0 Å². The summed E-state index contributed by atoms with van der Waals surface area (Å²) in [7, 11) is 0. The summed E-state index contributed by atoms with van der Waals surface area (Å²) in [6.07, 6.45) is 2.76. The lowest BCUT2D eigenvalue weighted by molar-refractivity contribution is -0.122. The van der Waals surface area contributed by atoms with Gasteiger partial charge in [0.1, 0.15) is 0 Å². The SMILES string of the molecule is CC(N)CC(=O)NC1CCN(CCOC(C)C)CC1.Cl.Cl. The summed E-state index contributed by atoms with van der Waals surface area (Å²) in [6.45, 7) is 9.81. The third-order valence-corrected chi connectivity index (χ3v) is 3.32. The van der Waals surface area contributed by atoms with Gasteiger partial charge in [0.25, 0.3) is 0 Å². The van der Waals surface area contributed by atoms with Crippen LogP contribution in [0.3, 0.4) is 0 Å². The van der Waals surface area contributed by atoms with Gasteiger partial charge in [0.05, 0.1) is 12.7 Å². The summed E-state index contributed by atoms with van der Waals surface area (Å²) in [5.74, 6) is 0.0802. The Hall–Kier alpha value is -0.0700. The normalized spacial score (nSPS) is 17.8. The van der Waals surface area contributed by atoms with Crippen molar-refractivity contribution < 1.29 is 9.53 Å². The lowest BCUT2D eigenvalue weighted by Crippen LogP contribution is -2.46. The molecule has 1 saturated heterocycles. The van der Waals surface area contributed by atoms with E-state index in [0.29, 0.717) is 18.6 Å². The molecule has 0 saturated carbocycles. The first kappa shape index (κ1) is 23.2. The topological polar surface area (TPSA) is 67.6 Å². The van der Waals surface area contributed by atoms with Crippen molar-refractivity contribution in [1.29, 1.82) is 0 Å². The second kappa shape index (κ2) is 12.5. The van der Waals surface area contributed by atoms with Gasteiger partial charge in [-0.1, -0.05) is 0 Å². The number of likely N-dealkylation sites (tertiary alicyclic amines) is 1. The van der Waals surface area contributed by atoms with E-state index in [1.807, 2.05) is 6.92 Å². The molecule has 3 N–H and O–H groups in total. The molecule has 1 atom stereocenters. The number of nitrogens with one attached hydrogen (secondary N) is 1. The summed E-state index contributed by atoms with van der Waals surface area (Å²) in [5.41, 5.74) is 5.62. The molecule has 7 heteroatoms. The Balaban J connectivity index is 0. The maximum absolute atomic E-state index is 11.6. The fourth-order valence-corrected chi connectivity index (χ4v) is 2.30. The molecule has 1 fully saturated rings. The summed E-state index contributed by atoms with van der Waals surface area (Å²) in [4.78, 5) is 14.0. The monoisotopic (exact) mass is 343 g/mol. The van der Waals surface area contributed by atoms with E-state index in [1.165, 1.54) is 0 Å². The van der Waals surface area contributed by atoms with Gasteiger partial charge in [-0.3, -0.25) is 4.79 Å². The Morgan fingerprint density at radius 2 is 1.86 bits per heavy atom. The molecule has 0 aromatic heterocycles. The van der Waals surface area contributed by atoms with E-state index in [1.54, 1.807) is 0 Å². The average molecular weight is 344 g/mol. The lowest BCUT2D eigenvalue weighted by atomic mass is 10.0. The first-order valence-electron chi connectivity index (χ1n) is 7.36. The van der Waals surface area contributed by atoms with Gasteiger partial charge in [0.2, 0.25) is 5.91 Å². The second-order valence-electron chi connectivity index (χ2n) is 5.78. The molecule has 0 radical (unpaired) electrons. The Morgan fingerprint density at radius 3 is 2.33 bits per heavy atom. The molecule has 0 aromatic rings. The van der Waals surface area contributed by atoms with Crippen molar-refractivity contribution in [3.8, 4) is 0 Å². The molecule has 0 aliphatic carbocycles. The van der Waals surface area contributed by atoms with Crippen molar-refractivity contribution in [2.45, 2.75) is 58.2 Å². The molecule has 1 rings (SSSR count). The number of hydrogen-bond donors (Lipinski definition) is 2. The van der Waals surface area contributed by atoms with Gasteiger partial charge >= 0.3 is 0 Å². The lowest BCUT2D eigenvalue weighted by Gasteiger charge is -2.32. The summed E-state index contributed by atoms with van der Waals surface area (Å²) in [5, 5.41) is 3.07. The van der Waals surface area contributed by atoms with Gasteiger partial charge in [-0.05, 0) is 33.6 Å². The van der Waals surface area contributed by atoms with Crippen LogP contribution in [0.5, 0.6) is 0 Å². The predicted octanol–water partition coefficient (Wildman–Crippen LogP) is 1.57. The molecule has 0 bridgehead atoms. The number of piperidine rings is 1. The minimum absolute atomic E-state index is 0. The van der Waals surface area contributed by atoms with E-state index < -0.39 is 0 Å².